The highest BCUT2D eigenvalue weighted by atomic mass is 16.6. The third-order valence-electron chi connectivity index (χ3n) is 10.4. The number of aliphatic hydroxyl groups excluding tert-OH is 1. The molecule has 0 aromatic heterocycles. The molecule has 4 fully saturated rings. The summed E-state index contributed by atoms with van der Waals surface area (Å²) in [5, 5.41) is 10.2. The molecule has 0 radical (unpaired) electrons. The summed E-state index contributed by atoms with van der Waals surface area (Å²) >= 11 is 0. The van der Waals surface area contributed by atoms with Crippen molar-refractivity contribution in [3.8, 4) is 0 Å². The Morgan fingerprint density at radius 2 is 2.00 bits per heavy atom. The molecule has 5 aliphatic rings. The van der Waals surface area contributed by atoms with E-state index in [1.165, 1.54) is 31.3 Å². The van der Waals surface area contributed by atoms with Gasteiger partial charge in [0.05, 0.1) is 17.8 Å². The van der Waals surface area contributed by atoms with Crippen LogP contribution in [-0.4, -0.2) is 22.9 Å². The summed E-state index contributed by atoms with van der Waals surface area (Å²) in [6, 6.07) is 0. The minimum Gasteiger partial charge on any atom is -0.393 e. The number of hydrogen-bond donors (Lipinski definition) is 1. The number of rotatable bonds is 4. The molecule has 0 amide bonds. The fraction of sp³-hybridized carbons (Fsp3) is 0.926. The van der Waals surface area contributed by atoms with Crippen LogP contribution in [0.15, 0.2) is 11.6 Å². The van der Waals surface area contributed by atoms with E-state index in [9.17, 15) is 5.11 Å². The fourth-order valence-electron chi connectivity index (χ4n) is 8.68. The molecular weight excluding hydrogens is 356 g/mol. The maximum atomic E-state index is 10.2. The van der Waals surface area contributed by atoms with Gasteiger partial charge < -0.3 is 9.84 Å². The van der Waals surface area contributed by atoms with E-state index in [2.05, 4.69) is 26.8 Å². The average molecular weight is 407 g/mol. The van der Waals surface area contributed by atoms with Crippen molar-refractivity contribution in [2.45, 2.75) is 116 Å². The standard InChI is InChI=1S/C27H44O2/c1-17(6-11-24-25(2,3)29-24)21-9-10-22-20-8-7-18-16-19(28)12-14-26(18,4)23(20)13-15-27(21,22)5/h7,17,19-24,28H,6,8-16H2,1-5H3/t17-,19+,20+,21-,22+,23+,24?,26+,27-/m1/s1/i2D3,3D3. The highest BCUT2D eigenvalue weighted by Gasteiger charge is 2.59. The summed E-state index contributed by atoms with van der Waals surface area (Å²) in [5.41, 5.74) is 0.0891. The molecule has 9 atom stereocenters. The lowest BCUT2D eigenvalue weighted by molar-refractivity contribution is -0.0573. The molecule has 0 aromatic carbocycles. The van der Waals surface area contributed by atoms with E-state index in [1.54, 1.807) is 0 Å². The Morgan fingerprint density at radius 3 is 2.76 bits per heavy atom. The molecule has 0 spiro atoms. The van der Waals surface area contributed by atoms with Crippen LogP contribution in [0.25, 0.3) is 0 Å². The third kappa shape index (κ3) is 3.18. The minimum absolute atomic E-state index is 0.166. The van der Waals surface area contributed by atoms with Crippen LogP contribution in [0, 0.1) is 40.4 Å². The molecule has 1 N–H and O–H groups in total. The van der Waals surface area contributed by atoms with Gasteiger partial charge in [-0.25, -0.2) is 0 Å². The van der Waals surface area contributed by atoms with Crippen LogP contribution >= 0.6 is 0 Å². The van der Waals surface area contributed by atoms with E-state index >= 15 is 0 Å². The van der Waals surface area contributed by atoms with Gasteiger partial charge in [0.15, 0.2) is 0 Å². The molecule has 1 heterocycles. The first-order valence-corrected chi connectivity index (χ1v) is 12.2. The summed E-state index contributed by atoms with van der Waals surface area (Å²) < 4.78 is 52.2. The zero-order valence-electron chi connectivity index (χ0n) is 24.5. The van der Waals surface area contributed by atoms with Crippen LogP contribution in [0.3, 0.4) is 0 Å². The van der Waals surface area contributed by atoms with E-state index in [0.717, 1.165) is 49.9 Å². The smallest absolute Gasteiger partial charge is 0.0892 e. The van der Waals surface area contributed by atoms with Crippen molar-refractivity contribution < 1.29 is 18.1 Å². The predicted molar refractivity (Wildman–Crippen MR) is 119 cm³/mol. The van der Waals surface area contributed by atoms with E-state index in [1.807, 2.05) is 0 Å². The second-order valence-electron chi connectivity index (χ2n) is 11.8. The quantitative estimate of drug-likeness (QED) is 0.426. The Labute approximate surface area is 187 Å². The molecule has 29 heavy (non-hydrogen) atoms. The van der Waals surface area contributed by atoms with E-state index in [4.69, 9.17) is 13.0 Å². The number of ether oxygens (including phenoxy) is 1. The van der Waals surface area contributed by atoms with Gasteiger partial charge in [-0.2, -0.15) is 0 Å². The van der Waals surface area contributed by atoms with Crippen molar-refractivity contribution in [2.75, 3.05) is 0 Å². The van der Waals surface area contributed by atoms with Gasteiger partial charge in [-0.15, -0.1) is 0 Å². The van der Waals surface area contributed by atoms with E-state index in [0.29, 0.717) is 23.7 Å². The molecule has 2 nitrogen and oxygen atoms in total. The zero-order valence-corrected chi connectivity index (χ0v) is 18.5. The number of hydrogen-bond acceptors (Lipinski definition) is 2. The van der Waals surface area contributed by atoms with Crippen LogP contribution in [-0.2, 0) is 4.74 Å². The molecule has 1 saturated heterocycles. The van der Waals surface area contributed by atoms with Gasteiger partial charge in [-0.05, 0) is 118 Å². The lowest BCUT2D eigenvalue weighted by Crippen LogP contribution is -2.50. The zero-order chi connectivity index (χ0) is 25.6. The molecule has 0 bridgehead atoms. The molecule has 164 valence electrons. The molecule has 5 rings (SSSR count). The van der Waals surface area contributed by atoms with Crippen molar-refractivity contribution >= 4 is 0 Å². The summed E-state index contributed by atoms with van der Waals surface area (Å²) in [4.78, 5) is 0. The normalized spacial score (nSPS) is 55.4. The Balaban J connectivity index is 1.27. The van der Waals surface area contributed by atoms with E-state index in [-0.39, 0.29) is 11.5 Å². The Kier molecular flexibility index (Phi) is 3.45. The van der Waals surface area contributed by atoms with Crippen LogP contribution in [0.5, 0.6) is 0 Å². The highest BCUT2D eigenvalue weighted by Crippen LogP contribution is 2.67. The van der Waals surface area contributed by atoms with Gasteiger partial charge in [-0.3, -0.25) is 0 Å². The summed E-state index contributed by atoms with van der Waals surface area (Å²) in [6.45, 7) is 2.01. The topological polar surface area (TPSA) is 32.8 Å². The molecule has 1 unspecified atom stereocenters. The first-order valence-electron chi connectivity index (χ1n) is 15.2. The monoisotopic (exact) mass is 406 g/mol. The largest absolute Gasteiger partial charge is 0.393 e. The summed E-state index contributed by atoms with van der Waals surface area (Å²) in [7, 11) is 0. The maximum Gasteiger partial charge on any atom is 0.0892 e. The molecule has 2 heteroatoms. The highest BCUT2D eigenvalue weighted by molar-refractivity contribution is 5.25. The van der Waals surface area contributed by atoms with Gasteiger partial charge in [0, 0.05) is 8.22 Å². The van der Waals surface area contributed by atoms with E-state index < -0.39 is 25.4 Å². The average Bonchev–Trinajstić information content (AvgIpc) is 3.41. The Morgan fingerprint density at radius 1 is 1.17 bits per heavy atom. The van der Waals surface area contributed by atoms with Crippen molar-refractivity contribution in [1.29, 1.82) is 0 Å². The van der Waals surface area contributed by atoms with Crippen molar-refractivity contribution in [1.82, 2.24) is 0 Å². The van der Waals surface area contributed by atoms with Gasteiger partial charge in [-0.1, -0.05) is 32.4 Å². The second-order valence-corrected chi connectivity index (χ2v) is 11.8. The summed E-state index contributed by atoms with van der Waals surface area (Å²) in [5.74, 6) is 3.18. The van der Waals surface area contributed by atoms with Crippen molar-refractivity contribution in [3.63, 3.8) is 0 Å². The Hall–Kier alpha value is -0.340. The van der Waals surface area contributed by atoms with Crippen LogP contribution in [0.1, 0.15) is 107 Å². The number of aliphatic hydroxyl groups is 1. The van der Waals surface area contributed by atoms with Gasteiger partial charge in [0.1, 0.15) is 0 Å². The molecule has 0 aromatic rings. The number of fused-ring (bicyclic) bond motifs is 5. The molecule has 3 saturated carbocycles. The second kappa shape index (κ2) is 6.83. The lowest BCUT2D eigenvalue weighted by atomic mass is 9.47. The van der Waals surface area contributed by atoms with Crippen LogP contribution in [0.2, 0.25) is 0 Å². The van der Waals surface area contributed by atoms with Crippen molar-refractivity contribution in [3.05, 3.63) is 11.6 Å². The first kappa shape index (κ1) is 14.7. The van der Waals surface area contributed by atoms with Gasteiger partial charge >= 0.3 is 0 Å². The van der Waals surface area contributed by atoms with Gasteiger partial charge in [0.2, 0.25) is 0 Å². The fourth-order valence-corrected chi connectivity index (χ4v) is 8.68. The minimum atomic E-state index is -2.63. The van der Waals surface area contributed by atoms with Crippen LogP contribution < -0.4 is 0 Å². The van der Waals surface area contributed by atoms with Crippen molar-refractivity contribution in [2.24, 2.45) is 40.4 Å². The third-order valence-corrected chi connectivity index (χ3v) is 10.4. The summed E-state index contributed by atoms with van der Waals surface area (Å²) in [6.07, 6.45) is 12.0. The first-order chi connectivity index (χ1) is 16.1. The number of epoxide rings is 1. The molecule has 1 aliphatic heterocycles. The van der Waals surface area contributed by atoms with Crippen LogP contribution in [0.4, 0.5) is 0 Å². The Bertz CT molecular complexity index is 851. The predicted octanol–water partition coefficient (Wildman–Crippen LogP) is 6.52. The van der Waals surface area contributed by atoms with Gasteiger partial charge in [0.25, 0.3) is 0 Å². The lowest BCUT2D eigenvalue weighted by Gasteiger charge is -2.58. The maximum absolute atomic E-state index is 10.2. The SMILES string of the molecule is [2H]C([2H])([2H])C1(C([2H])([2H])[2H])OC1CC[C@@H](C)[C@H]1CC[C@H]2[C@@H]3CC=C4C[C@@H](O)CC[C@]4(C)[C@H]3CC[C@]12C. The number of allylic oxidation sites excluding steroid dienone is 1. The molecular formula is C27H44O2. The molecule has 4 aliphatic carbocycles.